The van der Waals surface area contributed by atoms with E-state index >= 15 is 0 Å². The summed E-state index contributed by atoms with van der Waals surface area (Å²) in [6.07, 6.45) is 5.29. The van der Waals surface area contributed by atoms with E-state index in [0.717, 1.165) is 19.0 Å². The number of rotatable bonds is 1. The molecule has 1 aliphatic heterocycles. The molecule has 1 aromatic rings. The standard InChI is InChI=1S/C12H18N4O/c13-11-5-6-12(15-14-11)16-7-8-17-10-4-2-1-3-9(10)16/h5-6,9-10H,1-4,7-8H2,(H2,13,14). The monoisotopic (exact) mass is 234 g/mol. The minimum Gasteiger partial charge on any atom is -0.382 e. The zero-order chi connectivity index (χ0) is 11.7. The van der Waals surface area contributed by atoms with Crippen LogP contribution < -0.4 is 10.6 Å². The van der Waals surface area contributed by atoms with Crippen LogP contribution in [0.5, 0.6) is 0 Å². The maximum atomic E-state index is 5.84. The molecule has 5 heteroatoms. The normalized spacial score (nSPS) is 28.8. The van der Waals surface area contributed by atoms with E-state index in [0.29, 0.717) is 18.0 Å². The molecule has 2 aliphatic rings. The van der Waals surface area contributed by atoms with E-state index < -0.39 is 0 Å². The number of ether oxygens (including phenoxy) is 1. The molecule has 2 atom stereocenters. The van der Waals surface area contributed by atoms with Crippen molar-refractivity contribution in [3.8, 4) is 0 Å². The summed E-state index contributed by atoms with van der Waals surface area (Å²) < 4.78 is 5.84. The fourth-order valence-electron chi connectivity index (χ4n) is 2.87. The fraction of sp³-hybridized carbons (Fsp3) is 0.667. The highest BCUT2D eigenvalue weighted by Crippen LogP contribution is 2.30. The first kappa shape index (κ1) is 10.8. The first-order valence-corrected chi connectivity index (χ1v) is 6.32. The van der Waals surface area contributed by atoms with Gasteiger partial charge in [0.1, 0.15) is 5.82 Å². The van der Waals surface area contributed by atoms with Gasteiger partial charge in [-0.05, 0) is 25.0 Å². The van der Waals surface area contributed by atoms with Crippen molar-refractivity contribution in [2.24, 2.45) is 0 Å². The van der Waals surface area contributed by atoms with Crippen LogP contribution in [0.3, 0.4) is 0 Å². The topological polar surface area (TPSA) is 64.3 Å². The number of hydrogen-bond acceptors (Lipinski definition) is 5. The Bertz CT molecular complexity index is 379. The summed E-state index contributed by atoms with van der Waals surface area (Å²) >= 11 is 0. The van der Waals surface area contributed by atoms with Gasteiger partial charge in [0.15, 0.2) is 5.82 Å². The van der Waals surface area contributed by atoms with Crippen LogP contribution in [-0.4, -0.2) is 35.5 Å². The van der Waals surface area contributed by atoms with E-state index in [9.17, 15) is 0 Å². The van der Waals surface area contributed by atoms with E-state index in [1.807, 2.05) is 12.1 Å². The molecule has 2 heterocycles. The molecule has 0 amide bonds. The lowest BCUT2D eigenvalue weighted by Gasteiger charge is -2.44. The Morgan fingerprint density at radius 1 is 1.24 bits per heavy atom. The molecule has 92 valence electrons. The SMILES string of the molecule is Nc1ccc(N2CCOC3CCCCC32)nn1. The van der Waals surface area contributed by atoms with Gasteiger partial charge in [-0.2, -0.15) is 0 Å². The third-order valence-electron chi connectivity index (χ3n) is 3.70. The highest BCUT2D eigenvalue weighted by Gasteiger charge is 2.34. The van der Waals surface area contributed by atoms with E-state index in [2.05, 4.69) is 15.1 Å². The third-order valence-corrected chi connectivity index (χ3v) is 3.70. The van der Waals surface area contributed by atoms with Crippen LogP contribution in [0.25, 0.3) is 0 Å². The first-order chi connectivity index (χ1) is 8.34. The molecule has 2 N–H and O–H groups in total. The summed E-state index contributed by atoms with van der Waals surface area (Å²) in [5, 5.41) is 8.13. The van der Waals surface area contributed by atoms with E-state index in [4.69, 9.17) is 10.5 Å². The average molecular weight is 234 g/mol. The molecule has 2 unspecified atom stereocenters. The second-order valence-corrected chi connectivity index (χ2v) is 4.77. The molecule has 0 bridgehead atoms. The molecule has 1 aromatic heterocycles. The van der Waals surface area contributed by atoms with Crippen molar-refractivity contribution in [2.45, 2.75) is 37.8 Å². The van der Waals surface area contributed by atoms with Crippen LogP contribution >= 0.6 is 0 Å². The summed E-state index contributed by atoms with van der Waals surface area (Å²) in [7, 11) is 0. The van der Waals surface area contributed by atoms with Gasteiger partial charge in [-0.3, -0.25) is 0 Å². The van der Waals surface area contributed by atoms with Crippen molar-refractivity contribution >= 4 is 11.6 Å². The van der Waals surface area contributed by atoms with Gasteiger partial charge in [0.2, 0.25) is 0 Å². The zero-order valence-electron chi connectivity index (χ0n) is 9.88. The molecular weight excluding hydrogens is 216 g/mol. The number of morpholine rings is 1. The number of hydrogen-bond donors (Lipinski definition) is 1. The summed E-state index contributed by atoms with van der Waals surface area (Å²) in [6.45, 7) is 1.69. The molecule has 0 aromatic carbocycles. The summed E-state index contributed by atoms with van der Waals surface area (Å²) in [5.41, 5.74) is 5.57. The van der Waals surface area contributed by atoms with Gasteiger partial charge in [0.25, 0.3) is 0 Å². The lowest BCUT2D eigenvalue weighted by Crippen LogP contribution is -2.53. The Balaban J connectivity index is 1.83. The molecule has 0 radical (unpaired) electrons. The van der Waals surface area contributed by atoms with Crippen LogP contribution in [-0.2, 0) is 4.74 Å². The van der Waals surface area contributed by atoms with Gasteiger partial charge < -0.3 is 15.4 Å². The van der Waals surface area contributed by atoms with Crippen LogP contribution in [0.15, 0.2) is 12.1 Å². The minimum absolute atomic E-state index is 0.372. The molecule has 1 aliphatic carbocycles. The number of anilines is 2. The van der Waals surface area contributed by atoms with Crippen molar-refractivity contribution < 1.29 is 4.74 Å². The van der Waals surface area contributed by atoms with Gasteiger partial charge in [-0.15, -0.1) is 10.2 Å². The van der Waals surface area contributed by atoms with Gasteiger partial charge >= 0.3 is 0 Å². The van der Waals surface area contributed by atoms with Crippen molar-refractivity contribution in [1.82, 2.24) is 10.2 Å². The number of nitrogen functional groups attached to an aromatic ring is 1. The maximum Gasteiger partial charge on any atom is 0.151 e. The minimum atomic E-state index is 0.372. The van der Waals surface area contributed by atoms with Gasteiger partial charge in [0, 0.05) is 6.54 Å². The molecular formula is C12H18N4O. The molecule has 1 saturated carbocycles. The van der Waals surface area contributed by atoms with Crippen LogP contribution in [0.1, 0.15) is 25.7 Å². The molecule has 2 fully saturated rings. The summed E-state index contributed by atoms with van der Waals surface area (Å²) in [4.78, 5) is 2.33. The average Bonchev–Trinajstić information content (AvgIpc) is 2.39. The number of aromatic nitrogens is 2. The van der Waals surface area contributed by atoms with Gasteiger partial charge in [0.05, 0.1) is 18.8 Å². The second-order valence-electron chi connectivity index (χ2n) is 4.77. The van der Waals surface area contributed by atoms with Crippen molar-refractivity contribution in [1.29, 1.82) is 0 Å². The Labute approximate surface area is 101 Å². The highest BCUT2D eigenvalue weighted by atomic mass is 16.5. The number of nitrogens with zero attached hydrogens (tertiary/aromatic N) is 3. The van der Waals surface area contributed by atoms with Crippen molar-refractivity contribution in [2.75, 3.05) is 23.8 Å². The number of fused-ring (bicyclic) bond motifs is 1. The third kappa shape index (κ3) is 2.07. The summed E-state index contributed by atoms with van der Waals surface area (Å²) in [6, 6.07) is 4.24. The predicted molar refractivity (Wildman–Crippen MR) is 65.8 cm³/mol. The Hall–Kier alpha value is -1.36. The Kier molecular flexibility index (Phi) is 2.84. The van der Waals surface area contributed by atoms with E-state index in [1.165, 1.54) is 25.7 Å². The Morgan fingerprint density at radius 2 is 2.12 bits per heavy atom. The lowest BCUT2D eigenvalue weighted by atomic mass is 9.90. The fourth-order valence-corrected chi connectivity index (χ4v) is 2.87. The van der Waals surface area contributed by atoms with E-state index in [1.54, 1.807) is 0 Å². The smallest absolute Gasteiger partial charge is 0.151 e. The quantitative estimate of drug-likeness (QED) is 0.791. The second kappa shape index (κ2) is 4.49. The molecule has 3 rings (SSSR count). The lowest BCUT2D eigenvalue weighted by molar-refractivity contribution is -0.00904. The van der Waals surface area contributed by atoms with E-state index in [-0.39, 0.29) is 0 Å². The van der Waals surface area contributed by atoms with Crippen LogP contribution in [0.4, 0.5) is 11.6 Å². The first-order valence-electron chi connectivity index (χ1n) is 6.32. The Morgan fingerprint density at radius 3 is 2.94 bits per heavy atom. The van der Waals surface area contributed by atoms with Crippen LogP contribution in [0, 0.1) is 0 Å². The molecule has 0 spiro atoms. The van der Waals surface area contributed by atoms with Gasteiger partial charge in [-0.25, -0.2) is 0 Å². The van der Waals surface area contributed by atoms with Crippen molar-refractivity contribution in [3.63, 3.8) is 0 Å². The highest BCUT2D eigenvalue weighted by molar-refractivity contribution is 5.43. The number of nitrogens with two attached hydrogens (primary N) is 1. The largest absolute Gasteiger partial charge is 0.382 e. The van der Waals surface area contributed by atoms with Crippen molar-refractivity contribution in [3.05, 3.63) is 12.1 Å². The molecule has 1 saturated heterocycles. The summed E-state index contributed by atoms with van der Waals surface area (Å²) in [5.74, 6) is 1.40. The molecule has 17 heavy (non-hydrogen) atoms. The predicted octanol–water partition coefficient (Wildman–Crippen LogP) is 1.21. The van der Waals surface area contributed by atoms with Gasteiger partial charge in [-0.1, -0.05) is 12.8 Å². The maximum absolute atomic E-state index is 5.84. The zero-order valence-corrected chi connectivity index (χ0v) is 9.88. The van der Waals surface area contributed by atoms with Crippen LogP contribution in [0.2, 0.25) is 0 Å². The molecule has 5 nitrogen and oxygen atoms in total.